The molecule has 1 aliphatic heterocycles. The Morgan fingerprint density at radius 3 is 3.27 bits per heavy atom. The average Bonchev–Trinajstić information content (AvgIpc) is 2.60. The molecule has 11 heavy (non-hydrogen) atoms. The predicted molar refractivity (Wildman–Crippen MR) is 40.2 cm³/mol. The zero-order valence-electron chi connectivity index (χ0n) is 6.25. The third-order valence-electron chi connectivity index (χ3n) is 1.76. The van der Waals surface area contributed by atoms with Crippen LogP contribution in [0.2, 0.25) is 0 Å². The summed E-state index contributed by atoms with van der Waals surface area (Å²) in [6, 6.07) is 3.85. The molecular weight excluding hydrogens is 142 g/mol. The van der Waals surface area contributed by atoms with Gasteiger partial charge in [0.1, 0.15) is 12.0 Å². The van der Waals surface area contributed by atoms with Crippen molar-refractivity contribution in [2.24, 2.45) is 0 Å². The third kappa shape index (κ3) is 1.61. The second-order valence-corrected chi connectivity index (χ2v) is 2.60. The number of rotatable bonds is 2. The highest BCUT2D eigenvalue weighted by Gasteiger charge is 2.15. The van der Waals surface area contributed by atoms with E-state index in [1.807, 2.05) is 12.1 Å². The van der Waals surface area contributed by atoms with Crippen molar-refractivity contribution >= 4 is 0 Å². The highest BCUT2D eigenvalue weighted by Crippen LogP contribution is 2.07. The molecule has 1 saturated heterocycles. The van der Waals surface area contributed by atoms with Crippen LogP contribution in [0.4, 0.5) is 0 Å². The van der Waals surface area contributed by atoms with Crippen LogP contribution in [0.15, 0.2) is 22.8 Å². The minimum atomic E-state index is 0.154. The summed E-state index contributed by atoms with van der Waals surface area (Å²) >= 11 is 0. The minimum Gasteiger partial charge on any atom is -0.469 e. The fourth-order valence-corrected chi connectivity index (χ4v) is 1.22. The molecule has 2 rings (SSSR count). The number of nitrogens with one attached hydrogen (secondary N) is 1. The van der Waals surface area contributed by atoms with Crippen LogP contribution in [0.3, 0.4) is 0 Å². The maximum absolute atomic E-state index is 5.36. The van der Waals surface area contributed by atoms with Gasteiger partial charge < -0.3 is 9.15 Å². The van der Waals surface area contributed by atoms with E-state index >= 15 is 0 Å². The zero-order valence-corrected chi connectivity index (χ0v) is 6.25. The molecule has 3 nitrogen and oxygen atoms in total. The van der Waals surface area contributed by atoms with Crippen molar-refractivity contribution in [1.29, 1.82) is 0 Å². The summed E-state index contributed by atoms with van der Waals surface area (Å²) < 4.78 is 10.5. The smallest absolute Gasteiger partial charge is 0.115 e. The molecule has 0 radical (unpaired) electrons. The van der Waals surface area contributed by atoms with Gasteiger partial charge in [-0.3, -0.25) is 5.32 Å². The first-order chi connectivity index (χ1) is 5.45. The van der Waals surface area contributed by atoms with Crippen molar-refractivity contribution in [2.45, 2.75) is 12.6 Å². The van der Waals surface area contributed by atoms with E-state index in [4.69, 9.17) is 9.15 Å². The van der Waals surface area contributed by atoms with Crippen LogP contribution in [0.1, 0.15) is 5.76 Å². The number of ether oxygens (including phenoxy) is 1. The Hall–Kier alpha value is -0.800. The first-order valence-electron chi connectivity index (χ1n) is 3.82. The van der Waals surface area contributed by atoms with Gasteiger partial charge in [0.2, 0.25) is 0 Å². The molecular formula is C8H11NO2. The maximum atomic E-state index is 5.36. The van der Waals surface area contributed by atoms with Crippen LogP contribution in [0.5, 0.6) is 0 Å². The van der Waals surface area contributed by atoms with E-state index in [0.717, 1.165) is 25.3 Å². The molecule has 1 aromatic heterocycles. The minimum absolute atomic E-state index is 0.154. The molecule has 0 amide bonds. The number of hydrogen-bond acceptors (Lipinski definition) is 3. The van der Waals surface area contributed by atoms with E-state index in [1.165, 1.54) is 0 Å². The van der Waals surface area contributed by atoms with Gasteiger partial charge in [-0.25, -0.2) is 0 Å². The van der Waals surface area contributed by atoms with Crippen molar-refractivity contribution < 1.29 is 9.15 Å². The molecule has 0 aliphatic carbocycles. The van der Waals surface area contributed by atoms with Crippen molar-refractivity contribution in [2.75, 3.05) is 13.2 Å². The second-order valence-electron chi connectivity index (χ2n) is 2.60. The summed E-state index contributed by atoms with van der Waals surface area (Å²) in [4.78, 5) is 0. The van der Waals surface area contributed by atoms with Gasteiger partial charge in [-0.05, 0) is 12.1 Å². The second kappa shape index (κ2) is 3.07. The molecule has 1 N–H and O–H groups in total. The third-order valence-corrected chi connectivity index (χ3v) is 1.76. The van der Waals surface area contributed by atoms with Gasteiger partial charge in [0.25, 0.3) is 0 Å². The van der Waals surface area contributed by atoms with Gasteiger partial charge in [0.05, 0.1) is 12.9 Å². The summed E-state index contributed by atoms with van der Waals surface area (Å²) in [5, 5.41) is 3.21. The normalized spacial score (nSPS) is 24.2. The summed E-state index contributed by atoms with van der Waals surface area (Å²) in [5.74, 6) is 0.976. The monoisotopic (exact) mass is 153 g/mol. The maximum Gasteiger partial charge on any atom is 0.115 e. The molecule has 2 heterocycles. The van der Waals surface area contributed by atoms with Crippen molar-refractivity contribution in [3.8, 4) is 0 Å². The lowest BCUT2D eigenvalue weighted by atomic mass is 10.3. The van der Waals surface area contributed by atoms with Crippen LogP contribution < -0.4 is 5.32 Å². The predicted octanol–water partition coefficient (Wildman–Crippen LogP) is 0.768. The van der Waals surface area contributed by atoms with Crippen LogP contribution in [0, 0.1) is 0 Å². The van der Waals surface area contributed by atoms with E-state index in [2.05, 4.69) is 5.32 Å². The van der Waals surface area contributed by atoms with Crippen molar-refractivity contribution in [1.82, 2.24) is 5.32 Å². The van der Waals surface area contributed by atoms with E-state index in [1.54, 1.807) is 6.26 Å². The van der Waals surface area contributed by atoms with Gasteiger partial charge in [-0.1, -0.05) is 0 Å². The van der Waals surface area contributed by atoms with E-state index in [-0.39, 0.29) is 6.23 Å². The molecule has 1 aliphatic rings. The molecule has 0 aromatic carbocycles. The lowest BCUT2D eigenvalue weighted by Gasteiger charge is -2.06. The van der Waals surface area contributed by atoms with Crippen LogP contribution in [0.25, 0.3) is 0 Å². The molecule has 1 fully saturated rings. The quantitative estimate of drug-likeness (QED) is 0.681. The summed E-state index contributed by atoms with van der Waals surface area (Å²) in [6.07, 6.45) is 2.67. The molecule has 0 spiro atoms. The van der Waals surface area contributed by atoms with E-state index in [0.29, 0.717) is 0 Å². The van der Waals surface area contributed by atoms with E-state index < -0.39 is 0 Å². The Labute approximate surface area is 65.3 Å². The molecule has 3 heteroatoms. The zero-order chi connectivity index (χ0) is 7.52. The lowest BCUT2D eigenvalue weighted by Crippen LogP contribution is -2.24. The fraction of sp³-hybridized carbons (Fsp3) is 0.500. The highest BCUT2D eigenvalue weighted by atomic mass is 16.5. The number of furan rings is 1. The SMILES string of the molecule is c1coc(CC2NCCO2)c1. The van der Waals surface area contributed by atoms with Crippen molar-refractivity contribution in [3.05, 3.63) is 24.2 Å². The Kier molecular flexibility index (Phi) is 1.92. The van der Waals surface area contributed by atoms with Gasteiger partial charge in [-0.15, -0.1) is 0 Å². The summed E-state index contributed by atoms with van der Waals surface area (Å²) in [7, 11) is 0. The lowest BCUT2D eigenvalue weighted by molar-refractivity contribution is 0.0972. The van der Waals surface area contributed by atoms with Gasteiger partial charge in [0, 0.05) is 13.0 Å². The molecule has 0 bridgehead atoms. The standard InChI is InChI=1S/C8H11NO2/c1-2-7(10-4-1)6-8-9-3-5-11-8/h1-2,4,8-9H,3,5-6H2. The first-order valence-corrected chi connectivity index (χ1v) is 3.82. The van der Waals surface area contributed by atoms with Gasteiger partial charge >= 0.3 is 0 Å². The Bertz CT molecular complexity index is 202. The summed E-state index contributed by atoms with van der Waals surface area (Å²) in [6.45, 7) is 1.76. The average molecular weight is 153 g/mol. The highest BCUT2D eigenvalue weighted by molar-refractivity contribution is 4.99. The Morgan fingerprint density at radius 1 is 1.64 bits per heavy atom. The topological polar surface area (TPSA) is 34.4 Å². The van der Waals surface area contributed by atoms with Gasteiger partial charge in [-0.2, -0.15) is 0 Å². The molecule has 1 atom stereocenters. The van der Waals surface area contributed by atoms with Crippen LogP contribution >= 0.6 is 0 Å². The Morgan fingerprint density at radius 2 is 2.64 bits per heavy atom. The van der Waals surface area contributed by atoms with Crippen LogP contribution in [-0.4, -0.2) is 19.4 Å². The largest absolute Gasteiger partial charge is 0.469 e. The summed E-state index contributed by atoms with van der Waals surface area (Å²) in [5.41, 5.74) is 0. The van der Waals surface area contributed by atoms with E-state index in [9.17, 15) is 0 Å². The fourth-order valence-electron chi connectivity index (χ4n) is 1.22. The molecule has 60 valence electrons. The number of hydrogen-bond donors (Lipinski definition) is 1. The first kappa shape index (κ1) is 6.88. The Balaban J connectivity index is 1.90. The van der Waals surface area contributed by atoms with Gasteiger partial charge in [0.15, 0.2) is 0 Å². The van der Waals surface area contributed by atoms with Crippen molar-refractivity contribution in [3.63, 3.8) is 0 Å². The molecule has 1 aromatic rings. The van der Waals surface area contributed by atoms with Crippen LogP contribution in [-0.2, 0) is 11.2 Å². The molecule has 0 saturated carbocycles. The molecule has 1 unspecified atom stereocenters.